The number of benzene rings is 1. The van der Waals surface area contributed by atoms with Crippen molar-refractivity contribution in [1.82, 2.24) is 4.98 Å². The largest absolute Gasteiger partial charge is 0.298 e. The molecule has 2 aromatic rings. The Balaban J connectivity index is 2.24. The van der Waals surface area contributed by atoms with Crippen LogP contribution < -0.4 is 5.32 Å². The Bertz CT molecular complexity index is 656. The van der Waals surface area contributed by atoms with Crippen molar-refractivity contribution in [2.24, 2.45) is 0 Å². The van der Waals surface area contributed by atoms with Crippen molar-refractivity contribution in [3.8, 4) is 0 Å². The van der Waals surface area contributed by atoms with Gasteiger partial charge in [-0.1, -0.05) is 11.6 Å². The lowest BCUT2D eigenvalue weighted by Crippen LogP contribution is -2.11. The first-order valence-electron chi connectivity index (χ1n) is 5.15. The van der Waals surface area contributed by atoms with Crippen LogP contribution in [0.1, 0.15) is 15.2 Å². The highest BCUT2D eigenvalue weighted by Crippen LogP contribution is 2.25. The quantitative estimate of drug-likeness (QED) is 0.696. The summed E-state index contributed by atoms with van der Waals surface area (Å²) in [7, 11) is 0. The van der Waals surface area contributed by atoms with Crippen LogP contribution in [-0.4, -0.2) is 15.8 Å². The van der Waals surface area contributed by atoms with E-state index in [1.807, 2.05) is 6.92 Å². The molecule has 0 saturated heterocycles. The number of nitro benzene ring substituents is 1. The molecule has 1 N–H and O–H groups in total. The molecule has 0 aliphatic rings. The predicted octanol–water partition coefficient (Wildman–Crippen LogP) is 3.27. The summed E-state index contributed by atoms with van der Waals surface area (Å²) in [5, 5.41) is 13.7. The minimum Gasteiger partial charge on any atom is -0.298 e. The van der Waals surface area contributed by atoms with Gasteiger partial charge in [-0.2, -0.15) is 0 Å². The molecule has 0 aliphatic carbocycles. The van der Waals surface area contributed by atoms with E-state index in [2.05, 4.69) is 10.3 Å². The SMILES string of the molecule is Cc1cnc(NC(=O)c2ccc(Cl)c([N+](=O)[O-])c2)s1. The lowest BCUT2D eigenvalue weighted by molar-refractivity contribution is -0.384. The smallest absolute Gasteiger partial charge is 0.288 e. The fourth-order valence-electron chi connectivity index (χ4n) is 1.38. The number of nitro groups is 1. The Kier molecular flexibility index (Phi) is 3.77. The molecule has 2 rings (SSSR count). The molecule has 0 fully saturated rings. The number of nitrogens with one attached hydrogen (secondary N) is 1. The van der Waals surface area contributed by atoms with Gasteiger partial charge in [0.05, 0.1) is 4.92 Å². The van der Waals surface area contributed by atoms with E-state index >= 15 is 0 Å². The van der Waals surface area contributed by atoms with Crippen LogP contribution in [0.2, 0.25) is 5.02 Å². The molecule has 0 radical (unpaired) electrons. The second-order valence-corrected chi connectivity index (χ2v) is 5.30. The number of carbonyl (C=O) groups is 1. The second kappa shape index (κ2) is 5.33. The third-order valence-corrected chi connectivity index (χ3v) is 3.39. The van der Waals surface area contributed by atoms with E-state index in [1.54, 1.807) is 6.20 Å². The molecule has 98 valence electrons. The first-order chi connectivity index (χ1) is 8.97. The van der Waals surface area contributed by atoms with Crippen molar-refractivity contribution in [2.45, 2.75) is 6.92 Å². The van der Waals surface area contributed by atoms with Crippen molar-refractivity contribution in [1.29, 1.82) is 0 Å². The van der Waals surface area contributed by atoms with E-state index in [-0.39, 0.29) is 16.3 Å². The molecule has 0 saturated carbocycles. The fourth-order valence-corrected chi connectivity index (χ4v) is 2.22. The molecule has 8 heteroatoms. The van der Waals surface area contributed by atoms with E-state index in [4.69, 9.17) is 11.6 Å². The summed E-state index contributed by atoms with van der Waals surface area (Å²) in [5.74, 6) is -0.464. The van der Waals surface area contributed by atoms with Gasteiger partial charge in [0.2, 0.25) is 0 Å². The number of rotatable bonds is 3. The Morgan fingerprint density at radius 1 is 1.53 bits per heavy atom. The van der Waals surface area contributed by atoms with Gasteiger partial charge >= 0.3 is 0 Å². The average molecular weight is 298 g/mol. The molecule has 6 nitrogen and oxygen atoms in total. The van der Waals surface area contributed by atoms with Gasteiger partial charge in [-0.15, -0.1) is 11.3 Å². The van der Waals surface area contributed by atoms with Gasteiger partial charge in [0, 0.05) is 22.7 Å². The monoisotopic (exact) mass is 297 g/mol. The number of carbonyl (C=O) groups excluding carboxylic acids is 1. The summed E-state index contributed by atoms with van der Waals surface area (Å²) < 4.78 is 0. The summed E-state index contributed by atoms with van der Waals surface area (Å²) in [6.07, 6.45) is 1.63. The molecule has 1 amide bonds. The van der Waals surface area contributed by atoms with Crippen molar-refractivity contribution in [3.63, 3.8) is 0 Å². The molecule has 19 heavy (non-hydrogen) atoms. The van der Waals surface area contributed by atoms with Gasteiger partial charge in [0.25, 0.3) is 11.6 Å². The Morgan fingerprint density at radius 2 is 2.26 bits per heavy atom. The van der Waals surface area contributed by atoms with Gasteiger partial charge in [0.15, 0.2) is 5.13 Å². The zero-order valence-corrected chi connectivity index (χ0v) is 11.3. The standard InChI is InChI=1S/C11H8ClN3O3S/c1-6-5-13-11(19-6)14-10(16)7-2-3-8(12)9(4-7)15(17)18/h2-5H,1H3,(H,13,14,16). The van der Waals surface area contributed by atoms with Crippen LogP contribution in [0.4, 0.5) is 10.8 Å². The average Bonchev–Trinajstić information content (AvgIpc) is 2.74. The first kappa shape index (κ1) is 13.4. The lowest BCUT2D eigenvalue weighted by atomic mass is 10.2. The Hall–Kier alpha value is -1.99. The number of hydrogen-bond acceptors (Lipinski definition) is 5. The highest BCUT2D eigenvalue weighted by atomic mass is 35.5. The first-order valence-corrected chi connectivity index (χ1v) is 6.34. The molecule has 0 spiro atoms. The Morgan fingerprint density at radius 3 is 2.84 bits per heavy atom. The molecular formula is C11H8ClN3O3S. The third kappa shape index (κ3) is 3.07. The number of thiazole rings is 1. The molecule has 0 atom stereocenters. The normalized spacial score (nSPS) is 10.2. The van der Waals surface area contributed by atoms with Gasteiger partial charge in [-0.25, -0.2) is 4.98 Å². The number of halogens is 1. The highest BCUT2D eigenvalue weighted by Gasteiger charge is 2.16. The van der Waals surface area contributed by atoms with Crippen LogP contribution in [0.25, 0.3) is 0 Å². The van der Waals surface area contributed by atoms with Crippen LogP contribution in [-0.2, 0) is 0 Å². The van der Waals surface area contributed by atoms with Crippen LogP contribution in [0, 0.1) is 17.0 Å². The predicted molar refractivity (Wildman–Crippen MR) is 72.9 cm³/mol. The van der Waals surface area contributed by atoms with Crippen LogP contribution in [0.15, 0.2) is 24.4 Å². The molecule has 1 heterocycles. The van der Waals surface area contributed by atoms with Crippen LogP contribution in [0.3, 0.4) is 0 Å². The summed E-state index contributed by atoms with van der Waals surface area (Å²) in [6, 6.07) is 3.88. The fraction of sp³-hybridized carbons (Fsp3) is 0.0909. The number of aromatic nitrogens is 1. The maximum absolute atomic E-state index is 11.9. The molecule has 0 aliphatic heterocycles. The number of nitrogens with zero attached hydrogens (tertiary/aromatic N) is 2. The van der Waals surface area contributed by atoms with E-state index in [9.17, 15) is 14.9 Å². The number of aryl methyl sites for hydroxylation is 1. The van der Waals surface area contributed by atoms with Crippen LogP contribution >= 0.6 is 22.9 Å². The zero-order chi connectivity index (χ0) is 14.0. The Labute approximate surface area is 117 Å². The topological polar surface area (TPSA) is 85.1 Å². The summed E-state index contributed by atoms with van der Waals surface area (Å²) in [5.41, 5.74) is -0.145. The van der Waals surface area contributed by atoms with E-state index in [0.717, 1.165) is 10.9 Å². The van der Waals surface area contributed by atoms with Crippen molar-refractivity contribution >= 4 is 39.7 Å². The van der Waals surface area contributed by atoms with Gasteiger partial charge in [0.1, 0.15) is 5.02 Å². The number of amides is 1. The number of anilines is 1. The zero-order valence-electron chi connectivity index (χ0n) is 9.71. The summed E-state index contributed by atoms with van der Waals surface area (Å²) in [6.45, 7) is 1.86. The lowest BCUT2D eigenvalue weighted by Gasteiger charge is -2.02. The minimum atomic E-state index is -0.632. The summed E-state index contributed by atoms with van der Waals surface area (Å²) >= 11 is 7.00. The second-order valence-electron chi connectivity index (χ2n) is 3.65. The van der Waals surface area contributed by atoms with E-state index in [1.165, 1.54) is 23.5 Å². The molecule has 0 unspecified atom stereocenters. The number of hydrogen-bond donors (Lipinski definition) is 1. The van der Waals surface area contributed by atoms with E-state index < -0.39 is 10.8 Å². The van der Waals surface area contributed by atoms with E-state index in [0.29, 0.717) is 5.13 Å². The molecule has 0 bridgehead atoms. The summed E-state index contributed by atoms with van der Waals surface area (Å²) in [4.78, 5) is 26.9. The van der Waals surface area contributed by atoms with Gasteiger partial charge in [-0.3, -0.25) is 20.2 Å². The van der Waals surface area contributed by atoms with Gasteiger partial charge in [-0.05, 0) is 19.1 Å². The third-order valence-electron chi connectivity index (χ3n) is 2.25. The molecular weight excluding hydrogens is 290 g/mol. The van der Waals surface area contributed by atoms with Crippen molar-refractivity contribution in [3.05, 3.63) is 50.0 Å². The van der Waals surface area contributed by atoms with Gasteiger partial charge < -0.3 is 0 Å². The van der Waals surface area contributed by atoms with Crippen LogP contribution in [0.5, 0.6) is 0 Å². The molecule has 1 aromatic carbocycles. The highest BCUT2D eigenvalue weighted by molar-refractivity contribution is 7.15. The maximum atomic E-state index is 11.9. The maximum Gasteiger partial charge on any atom is 0.288 e. The van der Waals surface area contributed by atoms with Crippen molar-refractivity contribution < 1.29 is 9.72 Å². The molecule has 1 aromatic heterocycles. The van der Waals surface area contributed by atoms with Crippen molar-refractivity contribution in [2.75, 3.05) is 5.32 Å². The minimum absolute atomic E-state index is 0.00774.